The number of rotatable bonds is 6. The van der Waals surface area contributed by atoms with Crippen LogP contribution in [0.2, 0.25) is 0 Å². The molecule has 0 saturated heterocycles. The van der Waals surface area contributed by atoms with E-state index in [0.717, 1.165) is 0 Å². The molecule has 120 valence electrons. The van der Waals surface area contributed by atoms with Crippen LogP contribution in [0.1, 0.15) is 30.6 Å². The largest absolute Gasteiger partial charge is 0.494 e. The summed E-state index contributed by atoms with van der Waals surface area (Å²) in [7, 11) is 0. The number of nitrogens with one attached hydrogen (secondary N) is 2. The average Bonchev–Trinajstić information content (AvgIpc) is 2.57. The van der Waals surface area contributed by atoms with E-state index in [4.69, 9.17) is 4.74 Å². The van der Waals surface area contributed by atoms with Gasteiger partial charge in [0.1, 0.15) is 5.75 Å². The maximum atomic E-state index is 12.2. The molecule has 5 heteroatoms. The van der Waals surface area contributed by atoms with Crippen molar-refractivity contribution in [2.24, 2.45) is 0 Å². The Morgan fingerprint density at radius 3 is 2.22 bits per heavy atom. The van der Waals surface area contributed by atoms with Crippen molar-refractivity contribution in [2.45, 2.75) is 20.3 Å². The lowest BCUT2D eigenvalue weighted by molar-refractivity contribution is -0.115. The van der Waals surface area contributed by atoms with Crippen LogP contribution in [0, 0.1) is 0 Å². The fourth-order valence-corrected chi connectivity index (χ4v) is 1.98. The Labute approximate surface area is 135 Å². The number of amides is 2. The molecule has 0 saturated carbocycles. The third-order valence-electron chi connectivity index (χ3n) is 3.15. The van der Waals surface area contributed by atoms with Crippen molar-refractivity contribution in [1.29, 1.82) is 0 Å². The van der Waals surface area contributed by atoms with E-state index < -0.39 is 0 Å². The Morgan fingerprint density at radius 2 is 1.61 bits per heavy atom. The average molecular weight is 312 g/mol. The first kappa shape index (κ1) is 16.5. The summed E-state index contributed by atoms with van der Waals surface area (Å²) in [6, 6.07) is 14.0. The van der Waals surface area contributed by atoms with E-state index in [1.165, 1.54) is 0 Å². The summed E-state index contributed by atoms with van der Waals surface area (Å²) in [5, 5.41) is 5.57. The number of ether oxygens (including phenoxy) is 1. The van der Waals surface area contributed by atoms with Gasteiger partial charge in [0.25, 0.3) is 5.91 Å². The van der Waals surface area contributed by atoms with Crippen molar-refractivity contribution in [3.8, 4) is 5.75 Å². The normalized spacial score (nSPS) is 10.0. The van der Waals surface area contributed by atoms with Crippen LogP contribution < -0.4 is 15.4 Å². The van der Waals surface area contributed by atoms with Gasteiger partial charge in [-0.2, -0.15) is 0 Å². The second-order valence-corrected chi connectivity index (χ2v) is 4.89. The minimum Gasteiger partial charge on any atom is -0.494 e. The van der Waals surface area contributed by atoms with Crippen LogP contribution in [0.4, 0.5) is 11.4 Å². The zero-order valence-electron chi connectivity index (χ0n) is 13.3. The van der Waals surface area contributed by atoms with Gasteiger partial charge in [0, 0.05) is 23.4 Å². The second kappa shape index (κ2) is 7.98. The summed E-state index contributed by atoms with van der Waals surface area (Å²) in [5.74, 6) is 0.407. The molecule has 2 aromatic carbocycles. The predicted molar refractivity (Wildman–Crippen MR) is 90.9 cm³/mol. The third kappa shape index (κ3) is 4.85. The molecule has 0 aliphatic rings. The fraction of sp³-hybridized carbons (Fsp3) is 0.222. The molecule has 0 aliphatic heterocycles. The molecule has 0 fully saturated rings. The Kier molecular flexibility index (Phi) is 5.74. The maximum Gasteiger partial charge on any atom is 0.255 e. The quantitative estimate of drug-likeness (QED) is 0.855. The first-order valence-corrected chi connectivity index (χ1v) is 7.56. The zero-order valence-corrected chi connectivity index (χ0v) is 13.3. The molecule has 2 N–H and O–H groups in total. The van der Waals surface area contributed by atoms with E-state index in [0.29, 0.717) is 35.7 Å². The molecule has 0 spiro atoms. The summed E-state index contributed by atoms with van der Waals surface area (Å²) in [6.07, 6.45) is 0.425. The van der Waals surface area contributed by atoms with Gasteiger partial charge < -0.3 is 15.4 Å². The lowest BCUT2D eigenvalue weighted by atomic mass is 10.2. The maximum absolute atomic E-state index is 12.2. The van der Waals surface area contributed by atoms with Crippen LogP contribution >= 0.6 is 0 Å². The van der Waals surface area contributed by atoms with Gasteiger partial charge in [0.05, 0.1) is 6.61 Å². The number of benzene rings is 2. The second-order valence-electron chi connectivity index (χ2n) is 4.89. The summed E-state index contributed by atoms with van der Waals surface area (Å²) in [6.45, 7) is 4.24. The van der Waals surface area contributed by atoms with E-state index in [1.54, 1.807) is 49.4 Å². The Bertz CT molecular complexity index is 681. The Morgan fingerprint density at radius 1 is 0.957 bits per heavy atom. The van der Waals surface area contributed by atoms with Crippen LogP contribution in [-0.4, -0.2) is 18.4 Å². The first-order valence-electron chi connectivity index (χ1n) is 7.56. The highest BCUT2D eigenvalue weighted by molar-refractivity contribution is 6.04. The summed E-state index contributed by atoms with van der Waals surface area (Å²) < 4.78 is 5.39. The van der Waals surface area contributed by atoms with E-state index in [-0.39, 0.29) is 11.8 Å². The molecule has 0 aliphatic carbocycles. The molecule has 2 aromatic rings. The molecule has 0 unspecified atom stereocenters. The topological polar surface area (TPSA) is 67.4 Å². The number of carbonyl (C=O) groups excluding carboxylic acids is 2. The van der Waals surface area contributed by atoms with Gasteiger partial charge in [-0.25, -0.2) is 0 Å². The van der Waals surface area contributed by atoms with E-state index >= 15 is 0 Å². The molecule has 0 atom stereocenters. The van der Waals surface area contributed by atoms with Crippen LogP contribution in [0.25, 0.3) is 0 Å². The molecule has 5 nitrogen and oxygen atoms in total. The smallest absolute Gasteiger partial charge is 0.255 e. The lowest BCUT2D eigenvalue weighted by Gasteiger charge is -2.09. The van der Waals surface area contributed by atoms with Crippen molar-refractivity contribution in [1.82, 2.24) is 0 Å². The molecular weight excluding hydrogens is 292 g/mol. The molecule has 23 heavy (non-hydrogen) atoms. The summed E-state index contributed by atoms with van der Waals surface area (Å²) >= 11 is 0. The minimum atomic E-state index is -0.211. The fourth-order valence-electron chi connectivity index (χ4n) is 1.98. The predicted octanol–water partition coefficient (Wildman–Crippen LogP) is 3.69. The van der Waals surface area contributed by atoms with Crippen molar-refractivity contribution in [3.05, 3.63) is 54.1 Å². The standard InChI is InChI=1S/C18H20N2O3/c1-3-17(21)19-14-8-10-15(11-9-14)20-18(22)13-6-5-7-16(12-13)23-4-2/h5-12H,3-4H2,1-2H3,(H,19,21)(H,20,22). The molecule has 0 radical (unpaired) electrons. The van der Waals surface area contributed by atoms with Gasteiger partial charge in [-0.05, 0) is 49.4 Å². The van der Waals surface area contributed by atoms with Gasteiger partial charge in [-0.3, -0.25) is 9.59 Å². The monoisotopic (exact) mass is 312 g/mol. The molecule has 0 heterocycles. The number of anilines is 2. The van der Waals surface area contributed by atoms with Crippen molar-refractivity contribution in [2.75, 3.05) is 17.2 Å². The Hall–Kier alpha value is -2.82. The molecular formula is C18H20N2O3. The van der Waals surface area contributed by atoms with E-state index in [2.05, 4.69) is 10.6 Å². The van der Waals surface area contributed by atoms with Crippen LogP contribution in [0.3, 0.4) is 0 Å². The van der Waals surface area contributed by atoms with Crippen LogP contribution in [0.15, 0.2) is 48.5 Å². The molecule has 0 bridgehead atoms. The van der Waals surface area contributed by atoms with E-state index in [9.17, 15) is 9.59 Å². The van der Waals surface area contributed by atoms with Gasteiger partial charge in [-0.15, -0.1) is 0 Å². The van der Waals surface area contributed by atoms with Crippen LogP contribution in [0.5, 0.6) is 5.75 Å². The molecule has 2 rings (SSSR count). The van der Waals surface area contributed by atoms with Crippen molar-refractivity contribution in [3.63, 3.8) is 0 Å². The minimum absolute atomic E-state index is 0.0467. The van der Waals surface area contributed by atoms with Crippen molar-refractivity contribution < 1.29 is 14.3 Å². The summed E-state index contributed by atoms with van der Waals surface area (Å²) in [5.41, 5.74) is 1.89. The molecule has 2 amide bonds. The third-order valence-corrected chi connectivity index (χ3v) is 3.15. The highest BCUT2D eigenvalue weighted by atomic mass is 16.5. The highest BCUT2D eigenvalue weighted by Gasteiger charge is 2.07. The van der Waals surface area contributed by atoms with Crippen molar-refractivity contribution >= 4 is 23.2 Å². The number of carbonyl (C=O) groups is 2. The summed E-state index contributed by atoms with van der Waals surface area (Å²) in [4.78, 5) is 23.6. The SMILES string of the molecule is CCOc1cccc(C(=O)Nc2ccc(NC(=O)CC)cc2)c1. The van der Waals surface area contributed by atoms with Crippen LogP contribution in [-0.2, 0) is 4.79 Å². The number of hydrogen-bond acceptors (Lipinski definition) is 3. The number of hydrogen-bond donors (Lipinski definition) is 2. The first-order chi connectivity index (χ1) is 11.1. The lowest BCUT2D eigenvalue weighted by Crippen LogP contribution is -2.12. The highest BCUT2D eigenvalue weighted by Crippen LogP contribution is 2.17. The van der Waals surface area contributed by atoms with Gasteiger partial charge in [-0.1, -0.05) is 13.0 Å². The van der Waals surface area contributed by atoms with Gasteiger partial charge in [0.15, 0.2) is 0 Å². The van der Waals surface area contributed by atoms with Gasteiger partial charge in [0.2, 0.25) is 5.91 Å². The van der Waals surface area contributed by atoms with E-state index in [1.807, 2.05) is 13.0 Å². The molecule has 0 aromatic heterocycles. The van der Waals surface area contributed by atoms with Gasteiger partial charge >= 0.3 is 0 Å². The zero-order chi connectivity index (χ0) is 16.7. The Balaban J connectivity index is 2.02.